The molecular formula is C14H15N3. The van der Waals surface area contributed by atoms with Gasteiger partial charge in [0.25, 0.3) is 0 Å². The Kier molecular flexibility index (Phi) is 2.77. The number of benzene rings is 1. The fourth-order valence-corrected chi connectivity index (χ4v) is 2.49. The molecule has 1 fully saturated rings. The minimum atomic E-state index is -0.136. The smallest absolute Gasteiger partial charge is 0.0991 e. The second-order valence-electron chi connectivity index (χ2n) is 4.93. The first-order valence-electron chi connectivity index (χ1n) is 5.77. The Labute approximate surface area is 102 Å². The number of anilines is 1. The zero-order valence-corrected chi connectivity index (χ0v) is 10.1. The molecule has 1 aromatic carbocycles. The van der Waals surface area contributed by atoms with Crippen LogP contribution in [0.1, 0.15) is 25.8 Å². The Balaban J connectivity index is 2.30. The van der Waals surface area contributed by atoms with Gasteiger partial charge in [-0.05, 0) is 44.5 Å². The van der Waals surface area contributed by atoms with Crippen LogP contribution in [-0.4, -0.2) is 12.1 Å². The summed E-state index contributed by atoms with van der Waals surface area (Å²) in [5, 5.41) is 17.9. The fourth-order valence-electron chi connectivity index (χ4n) is 2.49. The van der Waals surface area contributed by atoms with E-state index in [1.165, 1.54) is 0 Å². The largest absolute Gasteiger partial charge is 0.365 e. The Bertz CT molecular complexity index is 488. The molecule has 1 aromatic rings. The van der Waals surface area contributed by atoms with Crippen molar-refractivity contribution in [2.75, 3.05) is 11.4 Å². The molecule has 0 saturated carbocycles. The minimum absolute atomic E-state index is 0.0677. The quantitative estimate of drug-likeness (QED) is 0.738. The van der Waals surface area contributed by atoms with E-state index in [4.69, 9.17) is 10.5 Å². The van der Waals surface area contributed by atoms with Crippen LogP contribution >= 0.6 is 0 Å². The van der Waals surface area contributed by atoms with Gasteiger partial charge in [-0.1, -0.05) is 0 Å². The summed E-state index contributed by atoms with van der Waals surface area (Å²) in [6, 6.07) is 12.1. The van der Waals surface area contributed by atoms with E-state index in [9.17, 15) is 0 Å². The maximum absolute atomic E-state index is 9.13. The Hall–Kier alpha value is -2.00. The van der Waals surface area contributed by atoms with Gasteiger partial charge in [-0.2, -0.15) is 10.5 Å². The van der Waals surface area contributed by atoms with Crippen LogP contribution in [0.15, 0.2) is 24.3 Å². The zero-order chi connectivity index (χ0) is 12.5. The first kappa shape index (κ1) is 11.5. The summed E-state index contributed by atoms with van der Waals surface area (Å²) < 4.78 is 0. The van der Waals surface area contributed by atoms with Crippen molar-refractivity contribution in [2.45, 2.75) is 25.8 Å². The van der Waals surface area contributed by atoms with E-state index in [0.717, 1.165) is 18.7 Å². The van der Waals surface area contributed by atoms with E-state index in [-0.39, 0.29) is 11.5 Å². The van der Waals surface area contributed by atoms with Crippen LogP contribution in [0.25, 0.3) is 0 Å². The topological polar surface area (TPSA) is 50.8 Å². The summed E-state index contributed by atoms with van der Waals surface area (Å²) in [4.78, 5) is 2.25. The molecule has 1 aliphatic rings. The van der Waals surface area contributed by atoms with Crippen molar-refractivity contribution >= 4 is 5.69 Å². The van der Waals surface area contributed by atoms with Crippen molar-refractivity contribution in [3.63, 3.8) is 0 Å². The van der Waals surface area contributed by atoms with Crippen LogP contribution < -0.4 is 4.90 Å². The fraction of sp³-hybridized carbons (Fsp3) is 0.429. The predicted molar refractivity (Wildman–Crippen MR) is 66.3 cm³/mol. The summed E-state index contributed by atoms with van der Waals surface area (Å²) >= 11 is 0. The molecule has 3 nitrogen and oxygen atoms in total. The monoisotopic (exact) mass is 225 g/mol. The summed E-state index contributed by atoms with van der Waals surface area (Å²) in [5.41, 5.74) is 1.62. The molecular weight excluding hydrogens is 210 g/mol. The van der Waals surface area contributed by atoms with Gasteiger partial charge < -0.3 is 4.90 Å². The van der Waals surface area contributed by atoms with Crippen LogP contribution in [0, 0.1) is 28.6 Å². The number of hydrogen-bond donors (Lipinski definition) is 0. The maximum atomic E-state index is 9.13. The lowest BCUT2D eigenvalue weighted by Gasteiger charge is -2.35. The van der Waals surface area contributed by atoms with Crippen LogP contribution in [0.3, 0.4) is 0 Å². The molecule has 1 saturated heterocycles. The molecule has 17 heavy (non-hydrogen) atoms. The standard InChI is InChI=1S/C14H15N3/c1-14(2)12(10-16)7-8-17(14)13-5-3-11(9-15)4-6-13/h3-6,12H,7-8H2,1-2H3. The molecule has 0 N–H and O–H groups in total. The van der Waals surface area contributed by atoms with Crippen molar-refractivity contribution in [3.05, 3.63) is 29.8 Å². The third kappa shape index (κ3) is 1.85. The average Bonchev–Trinajstić information content (AvgIpc) is 2.64. The lowest BCUT2D eigenvalue weighted by Crippen LogP contribution is -2.42. The van der Waals surface area contributed by atoms with E-state index in [1.807, 2.05) is 24.3 Å². The van der Waals surface area contributed by atoms with Gasteiger partial charge in [-0.15, -0.1) is 0 Å². The van der Waals surface area contributed by atoms with Crippen molar-refractivity contribution < 1.29 is 0 Å². The summed E-state index contributed by atoms with van der Waals surface area (Å²) in [6.45, 7) is 5.11. The molecule has 1 unspecified atom stereocenters. The molecule has 0 radical (unpaired) electrons. The normalized spacial score (nSPS) is 21.9. The molecule has 0 aromatic heterocycles. The van der Waals surface area contributed by atoms with Gasteiger partial charge in [-0.25, -0.2) is 0 Å². The van der Waals surface area contributed by atoms with Crippen molar-refractivity contribution in [2.24, 2.45) is 5.92 Å². The highest BCUT2D eigenvalue weighted by molar-refractivity contribution is 5.53. The molecule has 86 valence electrons. The molecule has 1 aliphatic heterocycles. The number of nitrogens with zero attached hydrogens (tertiary/aromatic N) is 3. The number of hydrogen-bond acceptors (Lipinski definition) is 3. The Morgan fingerprint density at radius 3 is 2.35 bits per heavy atom. The van der Waals surface area contributed by atoms with Gasteiger partial charge in [0.15, 0.2) is 0 Å². The van der Waals surface area contributed by atoms with Gasteiger partial charge in [0, 0.05) is 12.2 Å². The zero-order valence-electron chi connectivity index (χ0n) is 10.1. The summed E-state index contributed by atoms with van der Waals surface area (Å²) in [6.07, 6.45) is 0.906. The van der Waals surface area contributed by atoms with Crippen LogP contribution in [-0.2, 0) is 0 Å². The Morgan fingerprint density at radius 2 is 1.88 bits per heavy atom. The SMILES string of the molecule is CC1(C)C(C#N)CCN1c1ccc(C#N)cc1. The Morgan fingerprint density at radius 1 is 1.24 bits per heavy atom. The molecule has 1 heterocycles. The molecule has 0 bridgehead atoms. The van der Waals surface area contributed by atoms with Crippen molar-refractivity contribution in [1.29, 1.82) is 10.5 Å². The van der Waals surface area contributed by atoms with Crippen molar-refractivity contribution in [1.82, 2.24) is 0 Å². The first-order chi connectivity index (χ1) is 8.09. The van der Waals surface area contributed by atoms with E-state index < -0.39 is 0 Å². The predicted octanol–water partition coefficient (Wildman–Crippen LogP) is 2.69. The molecule has 2 rings (SSSR count). The van der Waals surface area contributed by atoms with Crippen LogP contribution in [0.2, 0.25) is 0 Å². The lowest BCUT2D eigenvalue weighted by atomic mass is 9.89. The number of nitriles is 2. The molecule has 0 spiro atoms. The number of rotatable bonds is 1. The van der Waals surface area contributed by atoms with Crippen molar-refractivity contribution in [3.8, 4) is 12.1 Å². The summed E-state index contributed by atoms with van der Waals surface area (Å²) in [5.74, 6) is 0.0677. The highest BCUT2D eigenvalue weighted by Gasteiger charge is 2.41. The molecule has 0 aliphatic carbocycles. The van der Waals surface area contributed by atoms with Crippen LogP contribution in [0.4, 0.5) is 5.69 Å². The third-order valence-corrected chi connectivity index (χ3v) is 3.65. The van der Waals surface area contributed by atoms with Crippen LogP contribution in [0.5, 0.6) is 0 Å². The van der Waals surface area contributed by atoms with Gasteiger partial charge in [-0.3, -0.25) is 0 Å². The van der Waals surface area contributed by atoms with E-state index >= 15 is 0 Å². The molecule has 0 amide bonds. The average molecular weight is 225 g/mol. The van der Waals surface area contributed by atoms with E-state index in [0.29, 0.717) is 5.56 Å². The highest BCUT2D eigenvalue weighted by Crippen LogP contribution is 2.37. The minimum Gasteiger partial charge on any atom is -0.365 e. The van der Waals surface area contributed by atoms with Gasteiger partial charge in [0.1, 0.15) is 0 Å². The van der Waals surface area contributed by atoms with Gasteiger partial charge in [0.2, 0.25) is 0 Å². The summed E-state index contributed by atoms with van der Waals surface area (Å²) in [7, 11) is 0. The first-order valence-corrected chi connectivity index (χ1v) is 5.77. The van der Waals surface area contributed by atoms with E-state index in [2.05, 4.69) is 30.9 Å². The molecule has 3 heteroatoms. The molecule has 1 atom stereocenters. The lowest BCUT2D eigenvalue weighted by molar-refractivity contribution is 0.439. The second kappa shape index (κ2) is 4.11. The third-order valence-electron chi connectivity index (χ3n) is 3.65. The maximum Gasteiger partial charge on any atom is 0.0991 e. The highest BCUT2D eigenvalue weighted by atomic mass is 15.2. The second-order valence-corrected chi connectivity index (χ2v) is 4.93. The van der Waals surface area contributed by atoms with E-state index in [1.54, 1.807) is 0 Å². The van der Waals surface area contributed by atoms with Gasteiger partial charge >= 0.3 is 0 Å². The van der Waals surface area contributed by atoms with Gasteiger partial charge in [0.05, 0.1) is 29.2 Å².